The molecule has 0 spiro atoms. The molecule has 1 aromatic heterocycles. The smallest absolute Gasteiger partial charge is 0.308 e. The third-order valence-corrected chi connectivity index (χ3v) is 2.38. The Hall–Kier alpha value is -1.40. The van der Waals surface area contributed by atoms with E-state index in [-0.39, 0.29) is 19.0 Å². The number of aromatic nitrogens is 1. The van der Waals surface area contributed by atoms with E-state index < -0.39 is 12.1 Å². The van der Waals surface area contributed by atoms with Gasteiger partial charge in [0.1, 0.15) is 5.76 Å². The average Bonchev–Trinajstić information content (AvgIpc) is 2.73. The molecule has 2 N–H and O–H groups in total. The number of oxazole rings is 1. The summed E-state index contributed by atoms with van der Waals surface area (Å²) in [5.74, 6) is 0.910. The number of aliphatic hydroxyl groups excluding tert-OH is 1. The fourth-order valence-electron chi connectivity index (χ4n) is 1.46. The van der Waals surface area contributed by atoms with Gasteiger partial charge in [0.15, 0.2) is 0 Å². The maximum Gasteiger partial charge on any atom is 0.308 e. The summed E-state index contributed by atoms with van der Waals surface area (Å²) in [6.45, 7) is 6.03. The van der Waals surface area contributed by atoms with E-state index in [2.05, 4.69) is 10.3 Å². The van der Waals surface area contributed by atoms with E-state index >= 15 is 0 Å². The van der Waals surface area contributed by atoms with Crippen LogP contribution in [0.2, 0.25) is 0 Å². The van der Waals surface area contributed by atoms with Crippen molar-refractivity contribution in [3.8, 4) is 0 Å². The number of aliphatic hydroxyl groups is 1. The Morgan fingerprint density at radius 1 is 1.67 bits per heavy atom. The number of aryl methyl sites for hydroxylation is 1. The summed E-state index contributed by atoms with van der Waals surface area (Å²) in [7, 11) is 0. The molecule has 0 fully saturated rings. The average molecular weight is 256 g/mol. The van der Waals surface area contributed by atoms with E-state index in [1.165, 1.54) is 0 Å². The predicted octanol–water partition coefficient (Wildman–Crippen LogP) is 0.948. The van der Waals surface area contributed by atoms with E-state index in [0.717, 1.165) is 5.76 Å². The lowest BCUT2D eigenvalue weighted by atomic mass is 10.2. The summed E-state index contributed by atoms with van der Waals surface area (Å²) < 4.78 is 10.1. The zero-order valence-electron chi connectivity index (χ0n) is 11.0. The fourth-order valence-corrected chi connectivity index (χ4v) is 1.46. The maximum absolute atomic E-state index is 11.1. The highest BCUT2D eigenvalue weighted by Gasteiger charge is 2.15. The van der Waals surface area contributed by atoms with Gasteiger partial charge >= 0.3 is 5.97 Å². The van der Waals surface area contributed by atoms with Crippen molar-refractivity contribution in [3.05, 3.63) is 17.8 Å². The molecular weight excluding hydrogens is 236 g/mol. The van der Waals surface area contributed by atoms with Crippen LogP contribution in [0.1, 0.15) is 38.0 Å². The van der Waals surface area contributed by atoms with Gasteiger partial charge in [-0.05, 0) is 20.8 Å². The van der Waals surface area contributed by atoms with Crippen LogP contribution < -0.4 is 5.32 Å². The fraction of sp³-hybridized carbons (Fsp3) is 0.667. The van der Waals surface area contributed by atoms with Gasteiger partial charge in [-0.3, -0.25) is 4.79 Å². The Balaban J connectivity index is 2.29. The molecule has 2 unspecified atom stereocenters. The quantitative estimate of drug-likeness (QED) is 0.706. The van der Waals surface area contributed by atoms with Crippen molar-refractivity contribution in [1.29, 1.82) is 0 Å². The highest BCUT2D eigenvalue weighted by Crippen LogP contribution is 2.11. The number of esters is 1. The molecular formula is C12H20N2O4. The first-order valence-electron chi connectivity index (χ1n) is 6.02. The third-order valence-electron chi connectivity index (χ3n) is 2.38. The molecule has 6 heteroatoms. The molecule has 0 saturated heterocycles. The molecule has 0 radical (unpaired) electrons. The molecule has 6 nitrogen and oxygen atoms in total. The molecule has 0 aliphatic carbocycles. The third kappa shape index (κ3) is 4.85. The Kier molecular flexibility index (Phi) is 5.80. The zero-order chi connectivity index (χ0) is 13.5. The van der Waals surface area contributed by atoms with Crippen molar-refractivity contribution < 1.29 is 19.1 Å². The molecule has 0 aliphatic rings. The highest BCUT2D eigenvalue weighted by molar-refractivity contribution is 5.69. The summed E-state index contributed by atoms with van der Waals surface area (Å²) in [5, 5.41) is 12.7. The molecule has 0 aliphatic heterocycles. The van der Waals surface area contributed by atoms with Crippen LogP contribution in [-0.4, -0.2) is 35.3 Å². The van der Waals surface area contributed by atoms with Crippen molar-refractivity contribution in [2.45, 2.75) is 39.3 Å². The summed E-state index contributed by atoms with van der Waals surface area (Å²) in [6.07, 6.45) is 0.850. The molecule has 1 aromatic rings. The number of carbonyl (C=O) groups is 1. The first-order chi connectivity index (χ1) is 8.52. The molecule has 2 atom stereocenters. The van der Waals surface area contributed by atoms with E-state index in [0.29, 0.717) is 12.5 Å². The number of nitrogens with zero attached hydrogens (tertiary/aromatic N) is 1. The van der Waals surface area contributed by atoms with Crippen molar-refractivity contribution in [2.75, 3.05) is 13.2 Å². The van der Waals surface area contributed by atoms with Crippen LogP contribution in [0.3, 0.4) is 0 Å². The number of hydrogen-bond donors (Lipinski definition) is 2. The lowest BCUT2D eigenvalue weighted by molar-refractivity contribution is -0.145. The standard InChI is InChI=1S/C12H20N2O4/c1-4-17-11(16)5-10(15)7-13-9(3)12-14-6-8(2)18-12/h6,9-10,13,15H,4-5,7H2,1-3H3. The topological polar surface area (TPSA) is 84.6 Å². The lowest BCUT2D eigenvalue weighted by Crippen LogP contribution is -2.31. The van der Waals surface area contributed by atoms with Gasteiger partial charge in [-0.15, -0.1) is 0 Å². The number of rotatable bonds is 7. The van der Waals surface area contributed by atoms with E-state index in [9.17, 15) is 9.90 Å². The molecule has 18 heavy (non-hydrogen) atoms. The Labute approximate surface area is 106 Å². The zero-order valence-corrected chi connectivity index (χ0v) is 11.0. The number of carbonyl (C=O) groups excluding carboxylic acids is 1. The predicted molar refractivity (Wildman–Crippen MR) is 64.9 cm³/mol. The van der Waals surface area contributed by atoms with Crippen LogP contribution in [0.4, 0.5) is 0 Å². The van der Waals surface area contributed by atoms with Gasteiger partial charge in [0.05, 0.1) is 31.4 Å². The summed E-state index contributed by atoms with van der Waals surface area (Å²) >= 11 is 0. The Bertz CT molecular complexity index is 378. The molecule has 1 heterocycles. The second-order valence-corrected chi connectivity index (χ2v) is 4.10. The molecule has 1 rings (SSSR count). The van der Waals surface area contributed by atoms with Crippen LogP contribution in [0.15, 0.2) is 10.6 Å². The normalized spacial score (nSPS) is 14.2. The number of nitrogens with one attached hydrogen (secondary N) is 1. The summed E-state index contributed by atoms with van der Waals surface area (Å²) in [6, 6.07) is -0.115. The minimum atomic E-state index is -0.775. The van der Waals surface area contributed by atoms with Gasteiger partial charge < -0.3 is 19.6 Å². The molecule has 0 saturated carbocycles. The van der Waals surface area contributed by atoms with Crippen LogP contribution in [-0.2, 0) is 9.53 Å². The van der Waals surface area contributed by atoms with Crippen LogP contribution in [0.25, 0.3) is 0 Å². The first kappa shape index (κ1) is 14.7. The van der Waals surface area contributed by atoms with E-state index in [4.69, 9.17) is 9.15 Å². The minimum Gasteiger partial charge on any atom is -0.466 e. The summed E-state index contributed by atoms with van der Waals surface area (Å²) in [5.41, 5.74) is 0. The minimum absolute atomic E-state index is 0.0157. The number of hydrogen-bond acceptors (Lipinski definition) is 6. The van der Waals surface area contributed by atoms with Crippen molar-refractivity contribution in [1.82, 2.24) is 10.3 Å². The second-order valence-electron chi connectivity index (χ2n) is 4.10. The largest absolute Gasteiger partial charge is 0.466 e. The second kappa shape index (κ2) is 7.13. The van der Waals surface area contributed by atoms with Crippen LogP contribution in [0, 0.1) is 6.92 Å². The van der Waals surface area contributed by atoms with Crippen molar-refractivity contribution in [3.63, 3.8) is 0 Å². The molecule has 0 aromatic carbocycles. The Morgan fingerprint density at radius 3 is 2.94 bits per heavy atom. The SMILES string of the molecule is CCOC(=O)CC(O)CNC(C)c1ncc(C)o1. The Morgan fingerprint density at radius 2 is 2.39 bits per heavy atom. The van der Waals surface area contributed by atoms with E-state index in [1.54, 1.807) is 13.1 Å². The molecule has 102 valence electrons. The van der Waals surface area contributed by atoms with Gasteiger partial charge in [0, 0.05) is 6.54 Å². The highest BCUT2D eigenvalue weighted by atomic mass is 16.5. The lowest BCUT2D eigenvalue weighted by Gasteiger charge is -2.14. The maximum atomic E-state index is 11.1. The van der Waals surface area contributed by atoms with Gasteiger partial charge in [0.2, 0.25) is 5.89 Å². The first-order valence-corrected chi connectivity index (χ1v) is 6.02. The molecule has 0 amide bonds. The summed E-state index contributed by atoms with van der Waals surface area (Å²) in [4.78, 5) is 15.2. The van der Waals surface area contributed by atoms with Crippen LogP contribution >= 0.6 is 0 Å². The van der Waals surface area contributed by atoms with Crippen molar-refractivity contribution in [2.24, 2.45) is 0 Å². The van der Waals surface area contributed by atoms with Gasteiger partial charge in [0.25, 0.3) is 0 Å². The van der Waals surface area contributed by atoms with Crippen LogP contribution in [0.5, 0.6) is 0 Å². The van der Waals surface area contributed by atoms with Gasteiger partial charge in [-0.25, -0.2) is 4.98 Å². The monoisotopic (exact) mass is 256 g/mol. The number of ether oxygens (including phenoxy) is 1. The van der Waals surface area contributed by atoms with Gasteiger partial charge in [-0.1, -0.05) is 0 Å². The van der Waals surface area contributed by atoms with Crippen molar-refractivity contribution >= 4 is 5.97 Å². The molecule has 0 bridgehead atoms. The van der Waals surface area contributed by atoms with Gasteiger partial charge in [-0.2, -0.15) is 0 Å². The van der Waals surface area contributed by atoms with E-state index in [1.807, 2.05) is 13.8 Å².